The molecule has 0 fully saturated rings. The lowest BCUT2D eigenvalue weighted by Crippen LogP contribution is -2.12. The van der Waals surface area contributed by atoms with Gasteiger partial charge >= 0.3 is 0 Å². The molecule has 4 nitrogen and oxygen atoms in total. The lowest BCUT2D eigenvalue weighted by atomic mass is 9.88. The van der Waals surface area contributed by atoms with Crippen molar-refractivity contribution in [3.05, 3.63) is 95.1 Å². The molecule has 0 aromatic heterocycles. The van der Waals surface area contributed by atoms with E-state index in [0.29, 0.717) is 6.61 Å². The van der Waals surface area contributed by atoms with Gasteiger partial charge in [-0.05, 0) is 66.3 Å². The summed E-state index contributed by atoms with van der Waals surface area (Å²) < 4.78 is 15.8. The van der Waals surface area contributed by atoms with Crippen LogP contribution in [0.15, 0.2) is 72.8 Å². The number of alkyl halides is 1. The molecule has 1 aliphatic rings. The number of hydrogen-bond acceptors (Lipinski definition) is 4. The van der Waals surface area contributed by atoms with E-state index in [2.05, 4.69) is 28.1 Å². The SMILES string of the molecule is BrCCOCc1ccccc1.COc1ccc(C2CCCc3cc(OC)ccc3C2=O)cc1. The van der Waals surface area contributed by atoms with Crippen LogP contribution >= 0.6 is 15.9 Å². The van der Waals surface area contributed by atoms with Crippen LogP contribution in [0.5, 0.6) is 11.5 Å². The number of ether oxygens (including phenoxy) is 3. The zero-order chi connectivity index (χ0) is 23.5. The minimum Gasteiger partial charge on any atom is -0.497 e. The van der Waals surface area contributed by atoms with Gasteiger partial charge in [-0.2, -0.15) is 0 Å². The molecule has 1 unspecified atom stereocenters. The number of carbonyl (C=O) groups is 1. The molecule has 4 rings (SSSR count). The average Bonchev–Trinajstić information content (AvgIpc) is 3.03. The highest BCUT2D eigenvalue weighted by molar-refractivity contribution is 9.09. The first-order valence-electron chi connectivity index (χ1n) is 11.2. The second-order valence-electron chi connectivity index (χ2n) is 7.83. The second kappa shape index (κ2) is 13.2. The molecule has 1 atom stereocenters. The molecule has 0 amide bonds. The molecular weight excluding hydrogens is 480 g/mol. The van der Waals surface area contributed by atoms with Gasteiger partial charge in [0.15, 0.2) is 5.78 Å². The van der Waals surface area contributed by atoms with Gasteiger partial charge in [-0.3, -0.25) is 4.79 Å². The summed E-state index contributed by atoms with van der Waals surface area (Å²) in [6.07, 6.45) is 2.80. The number of benzene rings is 3. The van der Waals surface area contributed by atoms with E-state index in [4.69, 9.17) is 14.2 Å². The van der Waals surface area contributed by atoms with Crippen molar-refractivity contribution in [1.82, 2.24) is 0 Å². The molecule has 3 aromatic carbocycles. The summed E-state index contributed by atoms with van der Waals surface area (Å²) in [5.41, 5.74) is 4.22. The van der Waals surface area contributed by atoms with Crippen LogP contribution in [0.4, 0.5) is 0 Å². The van der Waals surface area contributed by atoms with Crippen molar-refractivity contribution < 1.29 is 19.0 Å². The first kappa shape index (κ1) is 25.0. The molecule has 33 heavy (non-hydrogen) atoms. The van der Waals surface area contributed by atoms with Gasteiger partial charge in [-0.15, -0.1) is 0 Å². The van der Waals surface area contributed by atoms with Gasteiger partial charge in [0, 0.05) is 16.8 Å². The number of Topliss-reactive ketones (excluding diaryl/α,β-unsaturated/α-hetero) is 1. The smallest absolute Gasteiger partial charge is 0.170 e. The average molecular weight is 511 g/mol. The van der Waals surface area contributed by atoms with Crippen LogP contribution in [0.3, 0.4) is 0 Å². The normalized spacial score (nSPS) is 15.0. The zero-order valence-electron chi connectivity index (χ0n) is 19.3. The van der Waals surface area contributed by atoms with E-state index >= 15 is 0 Å². The Morgan fingerprint density at radius 2 is 1.61 bits per heavy atom. The number of ketones is 1. The van der Waals surface area contributed by atoms with Crippen LogP contribution < -0.4 is 9.47 Å². The van der Waals surface area contributed by atoms with Gasteiger partial charge < -0.3 is 14.2 Å². The van der Waals surface area contributed by atoms with Crippen molar-refractivity contribution in [2.45, 2.75) is 31.8 Å². The molecule has 0 radical (unpaired) electrons. The number of aryl methyl sites for hydroxylation is 1. The van der Waals surface area contributed by atoms with E-state index < -0.39 is 0 Å². The third-order valence-electron chi connectivity index (χ3n) is 5.68. The molecule has 0 saturated heterocycles. The number of fused-ring (bicyclic) bond motifs is 1. The fourth-order valence-corrected chi connectivity index (χ4v) is 4.16. The molecule has 5 heteroatoms. The summed E-state index contributed by atoms with van der Waals surface area (Å²) in [6.45, 7) is 1.49. The van der Waals surface area contributed by atoms with Gasteiger partial charge in [0.2, 0.25) is 0 Å². The molecule has 174 valence electrons. The Hall–Kier alpha value is -2.63. The Morgan fingerprint density at radius 3 is 2.27 bits per heavy atom. The lowest BCUT2D eigenvalue weighted by molar-refractivity contribution is 0.0957. The summed E-state index contributed by atoms with van der Waals surface area (Å²) >= 11 is 3.30. The lowest BCUT2D eigenvalue weighted by Gasteiger charge is -2.15. The summed E-state index contributed by atoms with van der Waals surface area (Å²) in [6, 6.07) is 23.8. The summed E-state index contributed by atoms with van der Waals surface area (Å²) in [5, 5.41) is 0.903. The Morgan fingerprint density at radius 1 is 0.909 bits per heavy atom. The highest BCUT2D eigenvalue weighted by Crippen LogP contribution is 2.33. The van der Waals surface area contributed by atoms with Crippen LogP contribution in [0.1, 0.15) is 45.8 Å². The van der Waals surface area contributed by atoms with Crippen molar-refractivity contribution in [3.8, 4) is 11.5 Å². The first-order chi connectivity index (χ1) is 16.2. The Labute approximate surface area is 205 Å². The molecule has 0 aliphatic heterocycles. The number of halogens is 1. The summed E-state index contributed by atoms with van der Waals surface area (Å²) in [4.78, 5) is 12.9. The summed E-state index contributed by atoms with van der Waals surface area (Å²) in [7, 11) is 3.30. The third kappa shape index (κ3) is 7.18. The van der Waals surface area contributed by atoms with Crippen LogP contribution in [0.2, 0.25) is 0 Å². The monoisotopic (exact) mass is 510 g/mol. The molecule has 0 spiro atoms. The van der Waals surface area contributed by atoms with E-state index in [1.54, 1.807) is 14.2 Å². The van der Waals surface area contributed by atoms with Gasteiger partial charge in [0.05, 0.1) is 27.4 Å². The van der Waals surface area contributed by atoms with Crippen molar-refractivity contribution in [3.63, 3.8) is 0 Å². The van der Waals surface area contributed by atoms with Crippen molar-refractivity contribution in [2.75, 3.05) is 26.2 Å². The third-order valence-corrected chi connectivity index (χ3v) is 6.01. The largest absolute Gasteiger partial charge is 0.497 e. The maximum Gasteiger partial charge on any atom is 0.170 e. The van der Waals surface area contributed by atoms with E-state index in [0.717, 1.165) is 59.4 Å². The fraction of sp³-hybridized carbons (Fsp3) is 0.321. The first-order valence-corrected chi connectivity index (χ1v) is 12.3. The van der Waals surface area contributed by atoms with Gasteiger partial charge in [0.25, 0.3) is 0 Å². The Balaban J connectivity index is 0.000000235. The zero-order valence-corrected chi connectivity index (χ0v) is 20.8. The minimum atomic E-state index is -0.0689. The van der Waals surface area contributed by atoms with E-state index in [-0.39, 0.29) is 11.7 Å². The summed E-state index contributed by atoms with van der Waals surface area (Å²) in [5.74, 6) is 1.77. The molecule has 0 bridgehead atoms. The maximum absolute atomic E-state index is 12.9. The predicted octanol–water partition coefficient (Wildman–Crippen LogP) is 6.60. The van der Waals surface area contributed by atoms with Gasteiger partial charge in [-0.25, -0.2) is 0 Å². The van der Waals surface area contributed by atoms with E-state index in [1.165, 1.54) is 5.56 Å². The number of carbonyl (C=O) groups excluding carboxylic acids is 1. The molecule has 1 aliphatic carbocycles. The standard InChI is InChI=1S/C19H20O3.C9H11BrO/c1-21-15-8-6-13(7-9-15)17-5-3-4-14-12-16(22-2)10-11-18(14)19(17)20;10-6-7-11-8-9-4-2-1-3-5-9/h6-12,17H,3-5H2,1-2H3;1-5H,6-8H2. The highest BCUT2D eigenvalue weighted by Gasteiger charge is 2.27. The van der Waals surface area contributed by atoms with Crippen molar-refractivity contribution in [2.24, 2.45) is 0 Å². The number of methoxy groups -OCH3 is 2. The highest BCUT2D eigenvalue weighted by atomic mass is 79.9. The number of rotatable bonds is 7. The van der Waals surface area contributed by atoms with Gasteiger partial charge in [-0.1, -0.05) is 58.4 Å². The Bertz CT molecular complexity index is 1000. The topological polar surface area (TPSA) is 44.8 Å². The van der Waals surface area contributed by atoms with Crippen LogP contribution in [0, 0.1) is 0 Å². The van der Waals surface area contributed by atoms with Crippen molar-refractivity contribution in [1.29, 1.82) is 0 Å². The maximum atomic E-state index is 12.9. The molecule has 0 saturated carbocycles. The van der Waals surface area contributed by atoms with Crippen LogP contribution in [-0.2, 0) is 17.8 Å². The van der Waals surface area contributed by atoms with Crippen LogP contribution in [-0.4, -0.2) is 31.9 Å². The van der Waals surface area contributed by atoms with E-state index in [1.807, 2.05) is 60.7 Å². The molecule has 0 N–H and O–H groups in total. The quantitative estimate of drug-likeness (QED) is 0.204. The van der Waals surface area contributed by atoms with Gasteiger partial charge in [0.1, 0.15) is 11.5 Å². The number of hydrogen-bond donors (Lipinski definition) is 0. The van der Waals surface area contributed by atoms with Crippen molar-refractivity contribution >= 4 is 21.7 Å². The predicted molar refractivity (Wildman–Crippen MR) is 136 cm³/mol. The Kier molecular flexibility index (Phi) is 9.98. The van der Waals surface area contributed by atoms with E-state index in [9.17, 15) is 4.79 Å². The second-order valence-corrected chi connectivity index (χ2v) is 8.63. The molecular formula is C28H31BrO4. The minimum absolute atomic E-state index is 0.0689. The molecule has 3 aromatic rings. The fourth-order valence-electron chi connectivity index (χ4n) is 3.93. The van der Waals surface area contributed by atoms with Crippen LogP contribution in [0.25, 0.3) is 0 Å². The molecule has 0 heterocycles.